The van der Waals surface area contributed by atoms with E-state index in [1.54, 1.807) is 36.4 Å². The van der Waals surface area contributed by atoms with Gasteiger partial charge in [-0.3, -0.25) is 14.5 Å². The number of aryl methyl sites for hydroxylation is 1. The fraction of sp³-hybridized carbons (Fsp3) is 0.136. The van der Waals surface area contributed by atoms with Crippen molar-refractivity contribution >= 4 is 28.0 Å². The number of hydrogen-bond donors (Lipinski definition) is 2. The molecule has 0 saturated carbocycles. The van der Waals surface area contributed by atoms with E-state index in [2.05, 4.69) is 30.4 Å². The maximum Gasteiger partial charge on any atom is 0.255 e. The molecule has 4 aromatic heterocycles. The van der Waals surface area contributed by atoms with Crippen LogP contribution in [0.5, 0.6) is 0 Å². The quantitative estimate of drug-likeness (QED) is 0.468. The molecule has 2 N–H and O–H groups in total. The van der Waals surface area contributed by atoms with E-state index in [-0.39, 0.29) is 17.8 Å². The lowest BCUT2D eigenvalue weighted by Gasteiger charge is -2.12. The second-order valence-electron chi connectivity index (χ2n) is 7.24. The van der Waals surface area contributed by atoms with E-state index in [0.717, 1.165) is 11.1 Å². The Bertz CT molecular complexity index is 1420. The van der Waals surface area contributed by atoms with Crippen LogP contribution in [-0.4, -0.2) is 35.6 Å². The number of H-pyrrole nitrogens is 1. The van der Waals surface area contributed by atoms with Crippen LogP contribution in [0.25, 0.3) is 33.5 Å². The number of benzene rings is 1. The Kier molecular flexibility index (Phi) is 4.43. The first-order valence-corrected chi connectivity index (χ1v) is 9.70. The summed E-state index contributed by atoms with van der Waals surface area (Å²) in [5, 5.41) is 8.18. The van der Waals surface area contributed by atoms with Gasteiger partial charge < -0.3 is 10.3 Å². The van der Waals surface area contributed by atoms with E-state index in [4.69, 9.17) is 0 Å². The minimum atomic E-state index is -0.338. The van der Waals surface area contributed by atoms with Crippen molar-refractivity contribution in [1.82, 2.24) is 35.0 Å². The lowest BCUT2D eigenvalue weighted by molar-refractivity contribution is 0.0940. The van der Waals surface area contributed by atoms with Gasteiger partial charge in [-0.25, -0.2) is 14.4 Å². The highest BCUT2D eigenvalue weighted by Gasteiger charge is 2.20. The van der Waals surface area contributed by atoms with E-state index in [9.17, 15) is 9.18 Å². The molecule has 8 nitrogen and oxygen atoms in total. The molecule has 0 aliphatic rings. The van der Waals surface area contributed by atoms with Gasteiger partial charge in [0.05, 0.1) is 29.0 Å². The number of rotatable bonds is 4. The highest BCUT2D eigenvalue weighted by Crippen LogP contribution is 2.28. The van der Waals surface area contributed by atoms with Crippen LogP contribution >= 0.6 is 0 Å². The average Bonchev–Trinajstić information content (AvgIpc) is 3.35. The van der Waals surface area contributed by atoms with Gasteiger partial charge in [-0.2, -0.15) is 5.10 Å². The predicted octanol–water partition coefficient (Wildman–Crippen LogP) is 3.54. The van der Waals surface area contributed by atoms with Gasteiger partial charge in [0.25, 0.3) is 5.91 Å². The first kappa shape index (κ1) is 18.9. The minimum absolute atomic E-state index is 0.274. The molecule has 1 amide bonds. The van der Waals surface area contributed by atoms with E-state index < -0.39 is 0 Å². The van der Waals surface area contributed by atoms with Crippen molar-refractivity contribution in [2.45, 2.75) is 13.0 Å². The Balaban J connectivity index is 1.53. The lowest BCUT2D eigenvalue weighted by Crippen LogP contribution is -2.27. The number of halogens is 1. The van der Waals surface area contributed by atoms with Crippen molar-refractivity contribution in [1.29, 1.82) is 0 Å². The highest BCUT2D eigenvalue weighted by molar-refractivity contribution is 6.05. The number of pyridine rings is 1. The Hall–Kier alpha value is -4.14. The summed E-state index contributed by atoms with van der Waals surface area (Å²) in [4.78, 5) is 29.2. The van der Waals surface area contributed by atoms with Gasteiger partial charge in [0, 0.05) is 24.8 Å². The normalized spacial score (nSPS) is 12.4. The Morgan fingerprint density at radius 3 is 2.90 bits per heavy atom. The second-order valence-corrected chi connectivity index (χ2v) is 7.24. The zero-order valence-electron chi connectivity index (χ0n) is 16.8. The molecule has 154 valence electrons. The smallest absolute Gasteiger partial charge is 0.255 e. The molecule has 1 aromatic carbocycles. The molecule has 0 saturated heterocycles. The summed E-state index contributed by atoms with van der Waals surface area (Å²) < 4.78 is 15.2. The van der Waals surface area contributed by atoms with Crippen LogP contribution in [0.4, 0.5) is 4.39 Å². The van der Waals surface area contributed by atoms with Gasteiger partial charge in [0.2, 0.25) is 0 Å². The molecule has 5 aromatic rings. The number of aromatic nitrogens is 6. The zero-order valence-corrected chi connectivity index (χ0v) is 16.8. The summed E-state index contributed by atoms with van der Waals surface area (Å²) in [5.41, 5.74) is 3.77. The van der Waals surface area contributed by atoms with Crippen molar-refractivity contribution in [3.05, 3.63) is 72.1 Å². The van der Waals surface area contributed by atoms with Crippen molar-refractivity contribution in [3.63, 3.8) is 0 Å². The molecule has 1 atom stereocenters. The van der Waals surface area contributed by atoms with Crippen molar-refractivity contribution in [3.8, 4) is 11.4 Å². The Morgan fingerprint density at radius 1 is 1.23 bits per heavy atom. The van der Waals surface area contributed by atoms with E-state index >= 15 is 0 Å². The molecule has 0 bridgehead atoms. The topological polar surface area (TPSA) is 101 Å². The van der Waals surface area contributed by atoms with Crippen LogP contribution in [0.2, 0.25) is 0 Å². The first-order chi connectivity index (χ1) is 15.0. The van der Waals surface area contributed by atoms with Gasteiger partial charge >= 0.3 is 0 Å². The largest absolute Gasteiger partial charge is 0.344 e. The average molecular weight is 415 g/mol. The molecule has 0 unspecified atom stereocenters. The maximum absolute atomic E-state index is 13.6. The molecule has 31 heavy (non-hydrogen) atoms. The van der Waals surface area contributed by atoms with Crippen LogP contribution in [-0.2, 0) is 7.05 Å². The number of fused-ring (bicyclic) bond motifs is 2. The number of aromatic amines is 1. The number of amides is 1. The third-order valence-corrected chi connectivity index (χ3v) is 5.16. The number of carbonyl (C=O) groups excluding carboxylic acids is 1. The van der Waals surface area contributed by atoms with Crippen LogP contribution in [0.3, 0.4) is 0 Å². The lowest BCUT2D eigenvalue weighted by atomic mass is 10.1. The SMILES string of the molecule is C[C@@H](NC(=O)c1c[nH]c2ncc(-c3nn(C)c4cc(F)ccc34)nc12)c1ccccn1. The zero-order chi connectivity index (χ0) is 21.5. The van der Waals surface area contributed by atoms with E-state index in [1.807, 2.05) is 25.1 Å². The fourth-order valence-electron chi connectivity index (χ4n) is 3.58. The molecular weight excluding hydrogens is 397 g/mol. The first-order valence-electron chi connectivity index (χ1n) is 9.70. The van der Waals surface area contributed by atoms with Gasteiger partial charge in [-0.1, -0.05) is 6.07 Å². The number of hydrogen-bond acceptors (Lipinski definition) is 5. The molecule has 0 aliphatic heterocycles. The summed E-state index contributed by atoms with van der Waals surface area (Å²) >= 11 is 0. The van der Waals surface area contributed by atoms with Crippen LogP contribution in [0.1, 0.15) is 29.0 Å². The van der Waals surface area contributed by atoms with Crippen molar-refractivity contribution in [2.75, 3.05) is 0 Å². The highest BCUT2D eigenvalue weighted by atomic mass is 19.1. The van der Waals surface area contributed by atoms with Crippen LogP contribution in [0, 0.1) is 5.82 Å². The van der Waals surface area contributed by atoms with Gasteiger partial charge in [0.15, 0.2) is 5.65 Å². The van der Waals surface area contributed by atoms with Gasteiger partial charge in [-0.05, 0) is 37.3 Å². The standard InChI is InChI=1S/C22H18FN7O/c1-12(16-5-3-4-8-24-16)27-22(31)15-10-25-21-20(15)28-17(11-26-21)19-14-7-6-13(23)9-18(14)30(2)29-19/h3-12H,1-2H3,(H,25,26)(H,27,31)/t12-/m1/s1. The van der Waals surface area contributed by atoms with Gasteiger partial charge in [0.1, 0.15) is 22.7 Å². The maximum atomic E-state index is 13.6. The molecule has 0 radical (unpaired) electrons. The molecule has 0 fully saturated rings. The molecular formula is C22H18FN7O. The third kappa shape index (κ3) is 3.29. The third-order valence-electron chi connectivity index (χ3n) is 5.16. The second kappa shape index (κ2) is 7.28. The predicted molar refractivity (Wildman–Crippen MR) is 114 cm³/mol. The summed E-state index contributed by atoms with van der Waals surface area (Å²) in [6.45, 7) is 1.87. The summed E-state index contributed by atoms with van der Waals surface area (Å²) in [6.07, 6.45) is 4.85. The number of carbonyl (C=O) groups is 1. The Morgan fingerprint density at radius 2 is 2.10 bits per heavy atom. The van der Waals surface area contributed by atoms with Crippen LogP contribution < -0.4 is 5.32 Å². The van der Waals surface area contributed by atoms with E-state index in [0.29, 0.717) is 33.6 Å². The summed E-state index contributed by atoms with van der Waals surface area (Å²) in [6, 6.07) is 9.75. The van der Waals surface area contributed by atoms with Crippen molar-refractivity contribution < 1.29 is 9.18 Å². The minimum Gasteiger partial charge on any atom is -0.344 e. The van der Waals surface area contributed by atoms with Crippen LogP contribution in [0.15, 0.2) is 55.0 Å². The van der Waals surface area contributed by atoms with Crippen molar-refractivity contribution in [2.24, 2.45) is 7.05 Å². The van der Waals surface area contributed by atoms with E-state index in [1.165, 1.54) is 12.1 Å². The number of nitrogens with one attached hydrogen (secondary N) is 2. The molecule has 4 heterocycles. The number of nitrogens with zero attached hydrogens (tertiary/aromatic N) is 5. The summed E-state index contributed by atoms with van der Waals surface area (Å²) in [5.74, 6) is -0.626. The molecule has 5 rings (SSSR count). The summed E-state index contributed by atoms with van der Waals surface area (Å²) in [7, 11) is 1.74. The monoisotopic (exact) mass is 415 g/mol. The van der Waals surface area contributed by atoms with Gasteiger partial charge in [-0.15, -0.1) is 0 Å². The molecule has 0 spiro atoms. The molecule has 0 aliphatic carbocycles. The molecule has 9 heteroatoms. The Labute approximate surface area is 176 Å². The fourth-order valence-corrected chi connectivity index (χ4v) is 3.58.